The summed E-state index contributed by atoms with van der Waals surface area (Å²) in [6.07, 6.45) is 0. The number of carbonyl (C=O) groups is 1. The second-order valence-electron chi connectivity index (χ2n) is 6.64. The number of carbonyl (C=O) groups excluding carboxylic acids is 1. The second-order valence-corrected chi connectivity index (χ2v) is 8.75. The maximum Gasteiger partial charge on any atom is 0.261 e. The van der Waals surface area contributed by atoms with E-state index in [4.69, 9.17) is 16.3 Å². The predicted molar refractivity (Wildman–Crippen MR) is 118 cm³/mol. The van der Waals surface area contributed by atoms with Crippen LogP contribution in [0, 0.1) is 0 Å². The molecule has 0 heterocycles. The number of sulfonamides is 1. The molecule has 0 aliphatic heterocycles. The monoisotopic (exact) mass is 444 g/mol. The summed E-state index contributed by atoms with van der Waals surface area (Å²) in [7, 11) is -3.74. The minimum atomic E-state index is -3.74. The Morgan fingerprint density at radius 1 is 0.967 bits per heavy atom. The molecule has 0 aliphatic carbocycles. The van der Waals surface area contributed by atoms with Gasteiger partial charge in [-0.15, -0.1) is 0 Å². The molecule has 30 heavy (non-hydrogen) atoms. The lowest BCUT2D eigenvalue weighted by Crippen LogP contribution is -2.36. The summed E-state index contributed by atoms with van der Waals surface area (Å²) >= 11 is 5.79. The van der Waals surface area contributed by atoms with Crippen molar-refractivity contribution in [2.24, 2.45) is 0 Å². The molecule has 0 bridgehead atoms. The largest absolute Gasteiger partial charge is 0.491 e. The van der Waals surface area contributed by atoms with Gasteiger partial charge in [-0.25, -0.2) is 8.42 Å². The number of anilines is 1. The Hall–Kier alpha value is -3.03. The van der Waals surface area contributed by atoms with Crippen molar-refractivity contribution in [3.63, 3.8) is 0 Å². The Balaban J connectivity index is 1.56. The molecule has 6 nitrogen and oxygen atoms in total. The SMILES string of the molecule is C[C@H](COc1ccccc1)NC(=O)c1ccc(NS(=O)(=O)c2ccc(Cl)cc2)cc1. The van der Waals surface area contributed by atoms with Gasteiger partial charge in [0.15, 0.2) is 0 Å². The van der Waals surface area contributed by atoms with Crippen molar-refractivity contribution in [1.82, 2.24) is 5.32 Å². The maximum absolute atomic E-state index is 12.4. The number of nitrogens with one attached hydrogen (secondary N) is 2. The van der Waals surface area contributed by atoms with Crippen molar-refractivity contribution in [2.45, 2.75) is 17.9 Å². The van der Waals surface area contributed by atoms with Crippen LogP contribution >= 0.6 is 11.6 Å². The number of amides is 1. The third-order valence-corrected chi connectivity index (χ3v) is 5.79. The Bertz CT molecular complexity index is 1090. The molecular weight excluding hydrogens is 424 g/mol. The van der Waals surface area contributed by atoms with E-state index in [1.807, 2.05) is 37.3 Å². The second kappa shape index (κ2) is 9.65. The van der Waals surface area contributed by atoms with Crippen LogP contribution in [-0.4, -0.2) is 27.0 Å². The van der Waals surface area contributed by atoms with Gasteiger partial charge >= 0.3 is 0 Å². The van der Waals surface area contributed by atoms with Crippen LogP contribution in [0.1, 0.15) is 17.3 Å². The number of halogens is 1. The van der Waals surface area contributed by atoms with Crippen molar-refractivity contribution in [3.8, 4) is 5.75 Å². The van der Waals surface area contributed by atoms with E-state index < -0.39 is 10.0 Å². The molecule has 0 radical (unpaired) electrons. The first-order valence-corrected chi connectivity index (χ1v) is 11.1. The van der Waals surface area contributed by atoms with Crippen molar-refractivity contribution in [1.29, 1.82) is 0 Å². The fourth-order valence-electron chi connectivity index (χ4n) is 2.60. The molecule has 0 aliphatic rings. The summed E-state index contributed by atoms with van der Waals surface area (Å²) in [6, 6.07) is 21.2. The minimum absolute atomic E-state index is 0.0981. The van der Waals surface area contributed by atoms with Gasteiger partial charge in [-0.2, -0.15) is 0 Å². The van der Waals surface area contributed by atoms with E-state index in [2.05, 4.69) is 10.0 Å². The molecule has 0 spiro atoms. The van der Waals surface area contributed by atoms with Crippen molar-refractivity contribution < 1.29 is 17.9 Å². The zero-order valence-electron chi connectivity index (χ0n) is 16.2. The highest BCUT2D eigenvalue weighted by Crippen LogP contribution is 2.19. The molecular formula is C22H21ClN2O4S. The maximum atomic E-state index is 12.4. The molecule has 8 heteroatoms. The van der Waals surface area contributed by atoms with Crippen LogP contribution < -0.4 is 14.8 Å². The van der Waals surface area contributed by atoms with E-state index in [1.165, 1.54) is 36.4 Å². The molecule has 1 atom stereocenters. The van der Waals surface area contributed by atoms with Gasteiger partial charge in [0.2, 0.25) is 0 Å². The molecule has 2 N–H and O–H groups in total. The highest BCUT2D eigenvalue weighted by molar-refractivity contribution is 7.92. The van der Waals surface area contributed by atoms with Gasteiger partial charge < -0.3 is 10.1 Å². The zero-order valence-corrected chi connectivity index (χ0v) is 17.8. The first-order chi connectivity index (χ1) is 14.3. The zero-order chi connectivity index (χ0) is 21.6. The highest BCUT2D eigenvalue weighted by Gasteiger charge is 2.15. The molecule has 3 rings (SSSR count). The minimum Gasteiger partial charge on any atom is -0.491 e. The van der Waals surface area contributed by atoms with Crippen molar-refractivity contribution >= 4 is 33.2 Å². The lowest BCUT2D eigenvalue weighted by Gasteiger charge is -2.15. The van der Waals surface area contributed by atoms with E-state index in [0.29, 0.717) is 22.9 Å². The normalized spacial score (nSPS) is 12.1. The Morgan fingerprint density at radius 3 is 2.23 bits per heavy atom. The van der Waals surface area contributed by atoms with Crippen molar-refractivity contribution in [3.05, 3.63) is 89.4 Å². The topological polar surface area (TPSA) is 84.5 Å². The number of hydrogen-bond donors (Lipinski definition) is 2. The molecule has 0 unspecified atom stereocenters. The Morgan fingerprint density at radius 2 is 1.60 bits per heavy atom. The molecule has 1 amide bonds. The number of para-hydroxylation sites is 1. The molecule has 3 aromatic rings. The van der Waals surface area contributed by atoms with Crippen molar-refractivity contribution in [2.75, 3.05) is 11.3 Å². The first-order valence-electron chi connectivity index (χ1n) is 9.21. The fraction of sp³-hybridized carbons (Fsp3) is 0.136. The summed E-state index contributed by atoms with van der Waals surface area (Å²) in [6.45, 7) is 2.17. The molecule has 0 saturated carbocycles. The highest BCUT2D eigenvalue weighted by atomic mass is 35.5. The average Bonchev–Trinajstić information content (AvgIpc) is 2.73. The van der Waals surface area contributed by atoms with E-state index in [1.54, 1.807) is 12.1 Å². The third kappa shape index (κ3) is 5.98. The lowest BCUT2D eigenvalue weighted by molar-refractivity contribution is 0.0926. The van der Waals surface area contributed by atoms with Crippen LogP contribution in [0.5, 0.6) is 5.75 Å². The Labute approximate surface area is 180 Å². The van der Waals surface area contributed by atoms with Crippen LogP contribution in [0.4, 0.5) is 5.69 Å². The number of benzene rings is 3. The molecule has 0 saturated heterocycles. The van der Waals surface area contributed by atoms with Gasteiger partial charge in [0.25, 0.3) is 15.9 Å². The van der Waals surface area contributed by atoms with Crippen LogP contribution in [0.3, 0.4) is 0 Å². The summed E-state index contributed by atoms with van der Waals surface area (Å²) in [5, 5.41) is 3.30. The van der Waals surface area contributed by atoms with Gasteiger partial charge in [-0.05, 0) is 67.6 Å². The van der Waals surface area contributed by atoms with E-state index >= 15 is 0 Å². The number of ether oxygens (including phenoxy) is 1. The van der Waals surface area contributed by atoms with Crippen LogP contribution in [-0.2, 0) is 10.0 Å². The smallest absolute Gasteiger partial charge is 0.261 e. The van der Waals surface area contributed by atoms with Gasteiger partial charge in [-0.3, -0.25) is 9.52 Å². The standard InChI is InChI=1S/C22H21ClN2O4S/c1-16(15-29-20-5-3-2-4-6-20)24-22(26)17-7-11-19(12-8-17)25-30(27,28)21-13-9-18(23)10-14-21/h2-14,16,25H,15H2,1H3,(H,24,26)/t16-/m1/s1. The number of hydrogen-bond acceptors (Lipinski definition) is 4. The van der Waals surface area contributed by atoms with E-state index in [9.17, 15) is 13.2 Å². The first kappa shape index (κ1) is 21.7. The van der Waals surface area contributed by atoms with Gasteiger partial charge in [0.05, 0.1) is 10.9 Å². The van der Waals surface area contributed by atoms with E-state index in [-0.39, 0.29) is 16.8 Å². The van der Waals surface area contributed by atoms with Gasteiger partial charge in [0, 0.05) is 16.3 Å². The summed E-state index contributed by atoms with van der Waals surface area (Å²) < 4.78 is 32.9. The van der Waals surface area contributed by atoms with Gasteiger partial charge in [0.1, 0.15) is 12.4 Å². The Kier molecular flexibility index (Phi) is 6.97. The summed E-state index contributed by atoms with van der Waals surface area (Å²) in [4.78, 5) is 12.5. The van der Waals surface area contributed by atoms with Crippen LogP contribution in [0.2, 0.25) is 5.02 Å². The number of rotatable bonds is 8. The summed E-state index contributed by atoms with van der Waals surface area (Å²) in [5.41, 5.74) is 0.762. The quantitative estimate of drug-likeness (QED) is 0.541. The van der Waals surface area contributed by atoms with Crippen LogP contribution in [0.25, 0.3) is 0 Å². The molecule has 0 fully saturated rings. The fourth-order valence-corrected chi connectivity index (χ4v) is 3.79. The third-order valence-electron chi connectivity index (χ3n) is 4.14. The lowest BCUT2D eigenvalue weighted by atomic mass is 10.2. The average molecular weight is 445 g/mol. The predicted octanol–water partition coefficient (Wildman–Crippen LogP) is 4.34. The van der Waals surface area contributed by atoms with Gasteiger partial charge in [-0.1, -0.05) is 29.8 Å². The molecule has 3 aromatic carbocycles. The molecule has 0 aromatic heterocycles. The summed E-state index contributed by atoms with van der Waals surface area (Å²) in [5.74, 6) is 0.460. The van der Waals surface area contributed by atoms with Crippen LogP contribution in [0.15, 0.2) is 83.8 Å². The van der Waals surface area contributed by atoms with E-state index in [0.717, 1.165) is 5.75 Å². The molecule has 156 valence electrons.